The van der Waals surface area contributed by atoms with E-state index in [0.717, 1.165) is 12.0 Å². The topological polar surface area (TPSA) is 83.5 Å². The molecule has 22 heavy (non-hydrogen) atoms. The summed E-state index contributed by atoms with van der Waals surface area (Å²) in [5.41, 5.74) is 0.952. The molecular formula is C16H25NO4S. The lowest BCUT2D eigenvalue weighted by atomic mass is 9.87. The second kappa shape index (κ2) is 7.24. The van der Waals surface area contributed by atoms with E-state index in [4.69, 9.17) is 5.11 Å². The minimum Gasteiger partial charge on any atom is -0.480 e. The van der Waals surface area contributed by atoms with Crippen molar-refractivity contribution in [1.29, 1.82) is 0 Å². The minimum atomic E-state index is -3.83. The van der Waals surface area contributed by atoms with Gasteiger partial charge in [0, 0.05) is 0 Å². The van der Waals surface area contributed by atoms with E-state index in [0.29, 0.717) is 6.42 Å². The maximum Gasteiger partial charge on any atom is 0.321 e. The lowest BCUT2D eigenvalue weighted by molar-refractivity contribution is -0.139. The van der Waals surface area contributed by atoms with Gasteiger partial charge in [-0.15, -0.1) is 0 Å². The van der Waals surface area contributed by atoms with Crippen LogP contribution in [0.25, 0.3) is 0 Å². The van der Waals surface area contributed by atoms with E-state index in [2.05, 4.69) is 4.72 Å². The van der Waals surface area contributed by atoms with E-state index in [1.54, 1.807) is 12.1 Å². The Balaban J connectivity index is 2.96. The molecule has 0 aliphatic heterocycles. The van der Waals surface area contributed by atoms with Gasteiger partial charge in [0.15, 0.2) is 0 Å². The van der Waals surface area contributed by atoms with Crippen LogP contribution in [0.2, 0.25) is 0 Å². The van der Waals surface area contributed by atoms with E-state index in [9.17, 15) is 13.2 Å². The summed E-state index contributed by atoms with van der Waals surface area (Å²) in [6.07, 6.45) is 1.75. The molecular weight excluding hydrogens is 302 g/mol. The number of aliphatic carboxylic acids is 1. The first kappa shape index (κ1) is 18.6. The zero-order valence-corrected chi connectivity index (χ0v) is 14.4. The van der Waals surface area contributed by atoms with E-state index in [1.807, 2.05) is 27.7 Å². The normalized spacial score (nSPS) is 13.8. The van der Waals surface area contributed by atoms with Gasteiger partial charge < -0.3 is 5.11 Å². The largest absolute Gasteiger partial charge is 0.480 e. The van der Waals surface area contributed by atoms with Crippen LogP contribution in [-0.2, 0) is 20.2 Å². The van der Waals surface area contributed by atoms with Crippen molar-refractivity contribution in [2.24, 2.45) is 0 Å². The molecule has 0 aliphatic rings. The number of carboxylic acid groups (broad SMARTS) is 1. The Morgan fingerprint density at radius 1 is 1.23 bits per heavy atom. The predicted octanol–water partition coefficient (Wildman–Crippen LogP) is 2.91. The van der Waals surface area contributed by atoms with Gasteiger partial charge in [-0.3, -0.25) is 4.79 Å². The summed E-state index contributed by atoms with van der Waals surface area (Å²) in [5.74, 6) is -1.15. The van der Waals surface area contributed by atoms with Crippen LogP contribution in [-0.4, -0.2) is 25.5 Å². The lowest BCUT2D eigenvalue weighted by Crippen LogP contribution is -2.40. The average Bonchev–Trinajstić information content (AvgIpc) is 2.42. The molecule has 0 aromatic heterocycles. The van der Waals surface area contributed by atoms with Gasteiger partial charge in [-0.1, -0.05) is 52.7 Å². The monoisotopic (exact) mass is 327 g/mol. The number of hydrogen-bond acceptors (Lipinski definition) is 3. The van der Waals surface area contributed by atoms with Gasteiger partial charge >= 0.3 is 5.97 Å². The highest BCUT2D eigenvalue weighted by Crippen LogP contribution is 2.23. The number of nitrogens with one attached hydrogen (secondary N) is 1. The molecule has 0 saturated carbocycles. The van der Waals surface area contributed by atoms with Crippen LogP contribution in [0.3, 0.4) is 0 Å². The SMILES string of the molecule is CCCCC(NS(=O)(=O)c1ccc(C(C)(C)C)cc1)C(=O)O. The van der Waals surface area contributed by atoms with Gasteiger partial charge in [0.05, 0.1) is 4.90 Å². The molecule has 0 amide bonds. The molecule has 0 saturated heterocycles. The molecule has 6 heteroatoms. The molecule has 0 aliphatic carbocycles. The summed E-state index contributed by atoms with van der Waals surface area (Å²) in [7, 11) is -3.83. The van der Waals surface area contributed by atoms with Crippen molar-refractivity contribution in [1.82, 2.24) is 4.72 Å². The Hall–Kier alpha value is -1.40. The van der Waals surface area contributed by atoms with E-state index in [-0.39, 0.29) is 16.7 Å². The quantitative estimate of drug-likeness (QED) is 0.806. The fraction of sp³-hybridized carbons (Fsp3) is 0.562. The number of carbonyl (C=O) groups is 1. The Labute approximate surface area is 132 Å². The second-order valence-corrected chi connectivity index (χ2v) is 8.14. The zero-order valence-electron chi connectivity index (χ0n) is 13.6. The highest BCUT2D eigenvalue weighted by atomic mass is 32.2. The fourth-order valence-corrected chi connectivity index (χ4v) is 3.25. The molecule has 5 nitrogen and oxygen atoms in total. The van der Waals surface area contributed by atoms with Crippen molar-refractivity contribution in [2.45, 2.75) is 63.3 Å². The molecule has 0 radical (unpaired) electrons. The first-order valence-corrected chi connectivity index (χ1v) is 8.92. The number of hydrogen-bond donors (Lipinski definition) is 2. The second-order valence-electron chi connectivity index (χ2n) is 6.43. The van der Waals surface area contributed by atoms with Crippen LogP contribution < -0.4 is 4.72 Å². The molecule has 1 unspecified atom stereocenters. The summed E-state index contributed by atoms with van der Waals surface area (Å²) in [6.45, 7) is 8.05. The molecule has 2 N–H and O–H groups in total. The van der Waals surface area contributed by atoms with Crippen LogP contribution in [0, 0.1) is 0 Å². The molecule has 0 heterocycles. The summed E-state index contributed by atoms with van der Waals surface area (Å²) in [4.78, 5) is 11.3. The van der Waals surface area contributed by atoms with Crippen molar-refractivity contribution in [3.63, 3.8) is 0 Å². The molecule has 0 spiro atoms. The first-order valence-electron chi connectivity index (χ1n) is 7.43. The maximum absolute atomic E-state index is 12.3. The van der Waals surface area contributed by atoms with Crippen LogP contribution in [0.4, 0.5) is 0 Å². The van der Waals surface area contributed by atoms with E-state index in [1.165, 1.54) is 12.1 Å². The summed E-state index contributed by atoms with van der Waals surface area (Å²) in [6, 6.07) is 5.46. The number of unbranched alkanes of at least 4 members (excludes halogenated alkanes) is 1. The third kappa shape index (κ3) is 5.10. The maximum atomic E-state index is 12.3. The molecule has 1 aromatic rings. The Kier molecular flexibility index (Phi) is 6.14. The number of sulfonamides is 1. The highest BCUT2D eigenvalue weighted by molar-refractivity contribution is 7.89. The van der Waals surface area contributed by atoms with Gasteiger partial charge in [-0.25, -0.2) is 8.42 Å². The molecule has 124 valence electrons. The van der Waals surface area contributed by atoms with Crippen molar-refractivity contribution >= 4 is 16.0 Å². The summed E-state index contributed by atoms with van der Waals surface area (Å²) >= 11 is 0. The number of benzene rings is 1. The van der Waals surface area contributed by atoms with Gasteiger partial charge in [0.25, 0.3) is 0 Å². The van der Waals surface area contributed by atoms with Crippen LogP contribution in [0.15, 0.2) is 29.2 Å². The van der Waals surface area contributed by atoms with Gasteiger partial charge in [0.1, 0.15) is 6.04 Å². The Morgan fingerprint density at radius 3 is 2.18 bits per heavy atom. The van der Waals surface area contributed by atoms with Gasteiger partial charge in [0.2, 0.25) is 10.0 Å². The summed E-state index contributed by atoms with van der Waals surface area (Å²) < 4.78 is 26.9. The highest BCUT2D eigenvalue weighted by Gasteiger charge is 2.25. The third-order valence-corrected chi connectivity index (χ3v) is 4.96. The smallest absolute Gasteiger partial charge is 0.321 e. The molecule has 1 atom stereocenters. The van der Waals surface area contributed by atoms with Crippen molar-refractivity contribution in [3.8, 4) is 0 Å². The van der Waals surface area contributed by atoms with Crippen molar-refractivity contribution in [3.05, 3.63) is 29.8 Å². The summed E-state index contributed by atoms with van der Waals surface area (Å²) in [5, 5.41) is 9.13. The Bertz CT molecular complexity index is 600. The third-order valence-electron chi connectivity index (χ3n) is 3.47. The fourth-order valence-electron chi connectivity index (χ4n) is 2.03. The van der Waals surface area contributed by atoms with Crippen molar-refractivity contribution in [2.75, 3.05) is 0 Å². The minimum absolute atomic E-state index is 0.0690. The van der Waals surface area contributed by atoms with Crippen LogP contribution >= 0.6 is 0 Å². The standard InChI is InChI=1S/C16H25NO4S/c1-5-6-7-14(15(18)19)17-22(20,21)13-10-8-12(9-11-13)16(2,3)4/h8-11,14,17H,5-7H2,1-4H3,(H,18,19). The van der Waals surface area contributed by atoms with E-state index < -0.39 is 22.0 Å². The van der Waals surface area contributed by atoms with E-state index >= 15 is 0 Å². The zero-order chi connectivity index (χ0) is 17.0. The average molecular weight is 327 g/mol. The molecule has 1 aromatic carbocycles. The van der Waals surface area contributed by atoms with Gasteiger partial charge in [-0.05, 0) is 29.5 Å². The van der Waals surface area contributed by atoms with Crippen molar-refractivity contribution < 1.29 is 18.3 Å². The van der Waals surface area contributed by atoms with Crippen LogP contribution in [0.1, 0.15) is 52.5 Å². The number of rotatable bonds is 7. The molecule has 0 bridgehead atoms. The first-order chi connectivity index (χ1) is 10.1. The predicted molar refractivity (Wildman–Crippen MR) is 86.4 cm³/mol. The molecule has 1 rings (SSSR count). The molecule has 0 fully saturated rings. The van der Waals surface area contributed by atoms with Crippen LogP contribution in [0.5, 0.6) is 0 Å². The lowest BCUT2D eigenvalue weighted by Gasteiger charge is -2.19. The Morgan fingerprint density at radius 2 is 1.77 bits per heavy atom. The van der Waals surface area contributed by atoms with Gasteiger partial charge in [-0.2, -0.15) is 4.72 Å². The number of carboxylic acids is 1.